The Morgan fingerprint density at radius 1 is 1.15 bits per heavy atom. The minimum atomic E-state index is -0.00831. The number of carbonyl (C=O) groups is 2. The molecule has 1 saturated heterocycles. The first-order valence-electron chi connectivity index (χ1n) is 9.62. The van der Waals surface area contributed by atoms with Gasteiger partial charge in [0.1, 0.15) is 5.75 Å². The molecule has 1 heterocycles. The fraction of sp³-hybridized carbons (Fsp3) is 0.600. The fourth-order valence-electron chi connectivity index (χ4n) is 3.38. The van der Waals surface area contributed by atoms with E-state index in [1.165, 1.54) is 12.8 Å². The number of ether oxygens (including phenoxy) is 1. The van der Waals surface area contributed by atoms with Crippen LogP contribution in [0.5, 0.6) is 5.75 Å². The molecule has 1 atom stereocenters. The normalized spacial score (nSPS) is 19.0. The number of nitrogens with zero attached hydrogens (tertiary/aromatic N) is 1. The smallest absolute Gasteiger partial charge is 0.225 e. The lowest BCUT2D eigenvalue weighted by Gasteiger charge is -2.31. The number of hydrogen-bond donors (Lipinski definition) is 2. The van der Waals surface area contributed by atoms with E-state index in [0.29, 0.717) is 38.6 Å². The van der Waals surface area contributed by atoms with Gasteiger partial charge in [0, 0.05) is 31.6 Å². The summed E-state index contributed by atoms with van der Waals surface area (Å²) in [7, 11) is 0. The summed E-state index contributed by atoms with van der Waals surface area (Å²) in [5.74, 6) is 1.54. The van der Waals surface area contributed by atoms with Gasteiger partial charge in [0.15, 0.2) is 0 Å². The van der Waals surface area contributed by atoms with Gasteiger partial charge in [-0.2, -0.15) is 0 Å². The fourth-order valence-corrected chi connectivity index (χ4v) is 3.38. The Morgan fingerprint density at radius 2 is 1.85 bits per heavy atom. The summed E-state index contributed by atoms with van der Waals surface area (Å²) < 4.78 is 5.58. The van der Waals surface area contributed by atoms with E-state index in [9.17, 15) is 9.59 Å². The van der Waals surface area contributed by atoms with Gasteiger partial charge in [0.05, 0.1) is 13.0 Å². The van der Waals surface area contributed by atoms with Crippen molar-refractivity contribution in [2.75, 3.05) is 26.2 Å². The Labute approximate surface area is 155 Å². The van der Waals surface area contributed by atoms with E-state index >= 15 is 0 Å². The molecule has 3 N–H and O–H groups in total. The maximum absolute atomic E-state index is 12.3. The van der Waals surface area contributed by atoms with E-state index < -0.39 is 0 Å². The van der Waals surface area contributed by atoms with Gasteiger partial charge in [0.2, 0.25) is 11.8 Å². The second-order valence-electron chi connectivity index (χ2n) is 7.31. The standard InChI is InChI=1S/C20H29N3O3/c21-18(15-6-7-15)14-22-20(25)16-8-11-23(12-9-16)19(24)10-13-26-17-4-2-1-3-5-17/h1-5,15-16,18H,6-14,21H2,(H,22,25). The molecule has 0 radical (unpaired) electrons. The van der Waals surface area contributed by atoms with Crippen LogP contribution >= 0.6 is 0 Å². The van der Waals surface area contributed by atoms with E-state index in [1.54, 1.807) is 0 Å². The largest absolute Gasteiger partial charge is 0.493 e. The number of carbonyl (C=O) groups excluding carboxylic acids is 2. The molecule has 1 aromatic rings. The van der Waals surface area contributed by atoms with Gasteiger partial charge in [-0.3, -0.25) is 9.59 Å². The first-order chi connectivity index (χ1) is 12.6. The topological polar surface area (TPSA) is 84.7 Å². The predicted molar refractivity (Wildman–Crippen MR) is 99.6 cm³/mol. The second-order valence-corrected chi connectivity index (χ2v) is 7.31. The van der Waals surface area contributed by atoms with Gasteiger partial charge in [-0.05, 0) is 43.7 Å². The molecular formula is C20H29N3O3. The number of rotatable bonds is 8. The highest BCUT2D eigenvalue weighted by Gasteiger charge is 2.30. The van der Waals surface area contributed by atoms with Crippen molar-refractivity contribution in [3.63, 3.8) is 0 Å². The van der Waals surface area contributed by atoms with Gasteiger partial charge in [0.25, 0.3) is 0 Å². The molecule has 1 aliphatic carbocycles. The van der Waals surface area contributed by atoms with Crippen molar-refractivity contribution in [3.8, 4) is 5.75 Å². The molecule has 6 heteroatoms. The molecule has 26 heavy (non-hydrogen) atoms. The summed E-state index contributed by atoms with van der Waals surface area (Å²) in [5, 5.41) is 2.98. The van der Waals surface area contributed by atoms with Crippen molar-refractivity contribution in [1.29, 1.82) is 0 Å². The van der Waals surface area contributed by atoms with Crippen LogP contribution in [0.3, 0.4) is 0 Å². The number of nitrogens with two attached hydrogens (primary N) is 1. The third-order valence-corrected chi connectivity index (χ3v) is 5.29. The van der Waals surface area contributed by atoms with Crippen LogP contribution in [0, 0.1) is 11.8 Å². The number of likely N-dealkylation sites (tertiary alicyclic amines) is 1. The molecular weight excluding hydrogens is 330 g/mol. The zero-order valence-corrected chi connectivity index (χ0v) is 15.2. The number of hydrogen-bond acceptors (Lipinski definition) is 4. The molecule has 0 spiro atoms. The lowest BCUT2D eigenvalue weighted by Crippen LogP contribution is -2.45. The summed E-state index contributed by atoms with van der Waals surface area (Å²) in [6, 6.07) is 9.59. The zero-order valence-electron chi connectivity index (χ0n) is 15.2. The minimum absolute atomic E-state index is 0.00831. The lowest BCUT2D eigenvalue weighted by atomic mass is 9.95. The summed E-state index contributed by atoms with van der Waals surface area (Å²) in [6.07, 6.45) is 4.17. The Bertz CT molecular complexity index is 596. The number of nitrogens with one attached hydrogen (secondary N) is 1. The SMILES string of the molecule is NC(CNC(=O)C1CCN(C(=O)CCOc2ccccc2)CC1)C1CC1. The third-order valence-electron chi connectivity index (χ3n) is 5.29. The highest BCUT2D eigenvalue weighted by Crippen LogP contribution is 2.31. The van der Waals surface area contributed by atoms with Crippen LogP contribution in [0.4, 0.5) is 0 Å². The van der Waals surface area contributed by atoms with E-state index in [4.69, 9.17) is 10.5 Å². The highest BCUT2D eigenvalue weighted by atomic mass is 16.5. The zero-order chi connectivity index (χ0) is 18.4. The Hall–Kier alpha value is -2.08. The van der Waals surface area contributed by atoms with Gasteiger partial charge in [-0.1, -0.05) is 18.2 Å². The van der Waals surface area contributed by atoms with E-state index in [-0.39, 0.29) is 23.8 Å². The molecule has 2 amide bonds. The van der Waals surface area contributed by atoms with Crippen molar-refractivity contribution in [1.82, 2.24) is 10.2 Å². The summed E-state index contributed by atoms with van der Waals surface area (Å²) in [4.78, 5) is 26.4. The third kappa shape index (κ3) is 5.46. The average Bonchev–Trinajstić information content (AvgIpc) is 3.52. The maximum Gasteiger partial charge on any atom is 0.225 e. The van der Waals surface area contributed by atoms with E-state index in [2.05, 4.69) is 5.32 Å². The van der Waals surface area contributed by atoms with Crippen LogP contribution in [-0.4, -0.2) is 49.0 Å². The van der Waals surface area contributed by atoms with Gasteiger partial charge in [-0.25, -0.2) is 0 Å². The second kappa shape index (κ2) is 9.03. The molecule has 2 fully saturated rings. The van der Waals surface area contributed by atoms with Gasteiger partial charge < -0.3 is 20.7 Å². The van der Waals surface area contributed by atoms with Crippen LogP contribution in [0.25, 0.3) is 0 Å². The summed E-state index contributed by atoms with van der Waals surface area (Å²) in [6.45, 7) is 2.22. The predicted octanol–water partition coefficient (Wildman–Crippen LogP) is 1.55. The quantitative estimate of drug-likeness (QED) is 0.737. The van der Waals surface area contributed by atoms with Crippen molar-refractivity contribution in [3.05, 3.63) is 30.3 Å². The molecule has 0 aromatic heterocycles. The Balaban J connectivity index is 1.32. The first-order valence-corrected chi connectivity index (χ1v) is 9.62. The number of para-hydroxylation sites is 1. The van der Waals surface area contributed by atoms with Crippen molar-refractivity contribution in [2.45, 2.75) is 38.1 Å². The van der Waals surface area contributed by atoms with Crippen LogP contribution in [0.15, 0.2) is 30.3 Å². The molecule has 3 rings (SSSR count). The Kier molecular flexibility index (Phi) is 6.50. The molecule has 0 bridgehead atoms. The van der Waals surface area contributed by atoms with Crippen LogP contribution < -0.4 is 15.8 Å². The number of amides is 2. The summed E-state index contributed by atoms with van der Waals surface area (Å²) >= 11 is 0. The van der Waals surface area contributed by atoms with Crippen molar-refractivity contribution >= 4 is 11.8 Å². The lowest BCUT2D eigenvalue weighted by molar-refractivity contribution is -0.136. The van der Waals surface area contributed by atoms with Crippen LogP contribution in [-0.2, 0) is 9.59 Å². The Morgan fingerprint density at radius 3 is 2.50 bits per heavy atom. The van der Waals surface area contributed by atoms with Gasteiger partial charge >= 0.3 is 0 Å². The average molecular weight is 359 g/mol. The molecule has 2 aliphatic rings. The molecule has 1 unspecified atom stereocenters. The van der Waals surface area contributed by atoms with Crippen LogP contribution in [0.1, 0.15) is 32.1 Å². The van der Waals surface area contributed by atoms with Gasteiger partial charge in [-0.15, -0.1) is 0 Å². The molecule has 1 aromatic carbocycles. The number of piperidine rings is 1. The minimum Gasteiger partial charge on any atom is -0.493 e. The molecule has 1 aliphatic heterocycles. The summed E-state index contributed by atoms with van der Waals surface area (Å²) in [5.41, 5.74) is 6.03. The van der Waals surface area contributed by atoms with E-state index in [1.807, 2.05) is 35.2 Å². The monoisotopic (exact) mass is 359 g/mol. The molecule has 1 saturated carbocycles. The first kappa shape index (κ1) is 18.7. The number of benzene rings is 1. The highest BCUT2D eigenvalue weighted by molar-refractivity contribution is 5.80. The maximum atomic E-state index is 12.3. The molecule has 142 valence electrons. The molecule has 6 nitrogen and oxygen atoms in total. The van der Waals surface area contributed by atoms with Crippen molar-refractivity contribution in [2.24, 2.45) is 17.6 Å². The van der Waals surface area contributed by atoms with Crippen LogP contribution in [0.2, 0.25) is 0 Å². The van der Waals surface area contributed by atoms with Crippen molar-refractivity contribution < 1.29 is 14.3 Å². The van der Waals surface area contributed by atoms with E-state index in [0.717, 1.165) is 18.6 Å².